The minimum Gasteiger partial charge on any atom is -0.462 e. The van der Waals surface area contributed by atoms with Gasteiger partial charge in [-0.15, -0.1) is 0 Å². The highest BCUT2D eigenvalue weighted by atomic mass is 31.2. The first-order valence-corrected chi connectivity index (χ1v) is 25.6. The van der Waals surface area contributed by atoms with Crippen LogP contribution in [0.4, 0.5) is 0 Å². The fourth-order valence-electron chi connectivity index (χ4n) is 6.63. The van der Waals surface area contributed by atoms with Crippen molar-refractivity contribution < 1.29 is 37.6 Å². The molecule has 0 aliphatic heterocycles. The Morgan fingerprint density at radius 2 is 0.898 bits per heavy atom. The molecule has 3 N–H and O–H groups in total. The molecule has 0 fully saturated rings. The molecule has 59 heavy (non-hydrogen) atoms. The van der Waals surface area contributed by atoms with Crippen molar-refractivity contribution in [3.8, 4) is 0 Å². The molecule has 10 heteroatoms. The summed E-state index contributed by atoms with van der Waals surface area (Å²) in [7, 11) is -4.39. The number of carbonyl (C=O) groups is 2. The second kappa shape index (κ2) is 45.5. The molecule has 0 aromatic heterocycles. The van der Waals surface area contributed by atoms with Crippen LogP contribution in [0, 0.1) is 0 Å². The van der Waals surface area contributed by atoms with Gasteiger partial charge >= 0.3 is 19.8 Å². The smallest absolute Gasteiger partial charge is 0.462 e. The van der Waals surface area contributed by atoms with E-state index in [-0.39, 0.29) is 32.6 Å². The van der Waals surface area contributed by atoms with Gasteiger partial charge in [0.2, 0.25) is 0 Å². The van der Waals surface area contributed by atoms with Crippen molar-refractivity contribution >= 4 is 19.8 Å². The third-order valence-corrected chi connectivity index (χ3v) is 11.2. The molecule has 0 bridgehead atoms. The van der Waals surface area contributed by atoms with Gasteiger partial charge in [-0.1, -0.05) is 204 Å². The van der Waals surface area contributed by atoms with E-state index in [1.165, 1.54) is 135 Å². The molecule has 0 radical (unpaired) electrons. The molecular weight excluding hydrogens is 762 g/mol. The highest BCUT2D eigenvalue weighted by Crippen LogP contribution is 2.43. The predicted octanol–water partition coefficient (Wildman–Crippen LogP) is 14.3. The van der Waals surface area contributed by atoms with Gasteiger partial charge in [-0.05, 0) is 51.4 Å². The molecule has 9 nitrogen and oxygen atoms in total. The Morgan fingerprint density at radius 3 is 1.36 bits per heavy atom. The number of rotatable bonds is 45. The molecule has 0 amide bonds. The van der Waals surface area contributed by atoms with E-state index in [0.717, 1.165) is 44.9 Å². The van der Waals surface area contributed by atoms with Crippen LogP contribution in [0.25, 0.3) is 0 Å². The number of nitrogens with two attached hydrogens (primary N) is 1. The first-order chi connectivity index (χ1) is 28.8. The molecule has 2 atom stereocenters. The Morgan fingerprint density at radius 1 is 0.508 bits per heavy atom. The molecule has 0 aromatic carbocycles. The summed E-state index contributed by atoms with van der Waals surface area (Å²) in [4.78, 5) is 34.9. The number of ether oxygens (including phenoxy) is 2. The van der Waals surface area contributed by atoms with Crippen LogP contribution in [0.1, 0.15) is 219 Å². The Labute approximate surface area is 362 Å². The lowest BCUT2D eigenvalue weighted by Crippen LogP contribution is -2.29. The Kier molecular flexibility index (Phi) is 43.9. The first-order valence-electron chi connectivity index (χ1n) is 24.1. The van der Waals surface area contributed by atoms with Gasteiger partial charge in [0.15, 0.2) is 6.10 Å². The maximum atomic E-state index is 12.6. The molecule has 0 rings (SSSR count). The van der Waals surface area contributed by atoms with Crippen molar-refractivity contribution in [3.63, 3.8) is 0 Å². The average molecular weight is 852 g/mol. The van der Waals surface area contributed by atoms with Crippen LogP contribution < -0.4 is 5.73 Å². The second-order valence-corrected chi connectivity index (χ2v) is 17.4. The normalized spacial score (nSPS) is 13.6. The van der Waals surface area contributed by atoms with Gasteiger partial charge in [0.05, 0.1) is 13.2 Å². The van der Waals surface area contributed by atoms with Gasteiger partial charge in [-0.25, -0.2) is 4.57 Å². The van der Waals surface area contributed by atoms with E-state index in [4.69, 9.17) is 24.3 Å². The molecule has 2 unspecified atom stereocenters. The van der Waals surface area contributed by atoms with E-state index in [1.54, 1.807) is 0 Å². The van der Waals surface area contributed by atoms with Gasteiger partial charge in [-0.2, -0.15) is 0 Å². The van der Waals surface area contributed by atoms with E-state index >= 15 is 0 Å². The van der Waals surface area contributed by atoms with Crippen LogP contribution in [-0.2, 0) is 32.7 Å². The molecule has 0 saturated heterocycles. The highest BCUT2D eigenvalue weighted by Gasteiger charge is 2.26. The van der Waals surface area contributed by atoms with Crippen LogP contribution >= 0.6 is 7.82 Å². The van der Waals surface area contributed by atoms with Crippen LogP contribution in [0.15, 0.2) is 48.6 Å². The maximum Gasteiger partial charge on any atom is 0.472 e. The zero-order valence-electron chi connectivity index (χ0n) is 38.0. The second-order valence-electron chi connectivity index (χ2n) is 16.0. The van der Waals surface area contributed by atoms with E-state index in [1.807, 2.05) is 0 Å². The number of phosphoric ester groups is 1. The summed E-state index contributed by atoms with van der Waals surface area (Å²) in [5.74, 6) is -0.888. The summed E-state index contributed by atoms with van der Waals surface area (Å²) in [6.45, 7) is 3.67. The third-order valence-electron chi connectivity index (χ3n) is 10.2. The number of hydrogen-bond acceptors (Lipinski definition) is 8. The van der Waals surface area contributed by atoms with Gasteiger partial charge in [0.25, 0.3) is 0 Å². The number of carbonyl (C=O) groups excluding carboxylic acids is 2. The number of esters is 2. The predicted molar refractivity (Wildman–Crippen MR) is 247 cm³/mol. The molecule has 0 heterocycles. The van der Waals surface area contributed by atoms with E-state index in [9.17, 15) is 19.0 Å². The van der Waals surface area contributed by atoms with Crippen molar-refractivity contribution in [2.45, 2.75) is 225 Å². The monoisotopic (exact) mass is 852 g/mol. The Hall–Kier alpha value is -2.03. The van der Waals surface area contributed by atoms with Crippen LogP contribution in [-0.4, -0.2) is 49.3 Å². The zero-order chi connectivity index (χ0) is 43.2. The lowest BCUT2D eigenvalue weighted by molar-refractivity contribution is -0.161. The van der Waals surface area contributed by atoms with Crippen LogP contribution in [0.2, 0.25) is 0 Å². The molecular formula is C49H90NO8P. The summed E-state index contributed by atoms with van der Waals surface area (Å²) in [5, 5.41) is 0. The molecule has 0 aromatic rings. The summed E-state index contributed by atoms with van der Waals surface area (Å²) in [6.07, 6.45) is 53.0. The number of phosphoric acid groups is 1. The molecule has 0 aliphatic carbocycles. The zero-order valence-corrected chi connectivity index (χ0v) is 38.9. The minimum atomic E-state index is -4.39. The largest absolute Gasteiger partial charge is 0.472 e. The quantitative estimate of drug-likeness (QED) is 0.0266. The lowest BCUT2D eigenvalue weighted by atomic mass is 10.0. The number of allylic oxidation sites excluding steroid dienone is 8. The fourth-order valence-corrected chi connectivity index (χ4v) is 7.39. The van der Waals surface area contributed by atoms with Gasteiger partial charge in [0.1, 0.15) is 6.61 Å². The number of unbranched alkanes of at least 4 members (excludes halogenated alkanes) is 24. The average Bonchev–Trinajstić information content (AvgIpc) is 3.22. The van der Waals surface area contributed by atoms with Crippen molar-refractivity contribution in [2.24, 2.45) is 5.73 Å². The summed E-state index contributed by atoms with van der Waals surface area (Å²) in [5.41, 5.74) is 5.36. The van der Waals surface area contributed by atoms with Crippen molar-refractivity contribution in [2.75, 3.05) is 26.4 Å². The fraction of sp³-hybridized carbons (Fsp3) is 0.796. The third kappa shape index (κ3) is 45.3. The highest BCUT2D eigenvalue weighted by molar-refractivity contribution is 7.47. The van der Waals surface area contributed by atoms with Crippen LogP contribution in [0.5, 0.6) is 0 Å². The standard InChI is InChI=1S/C49H90NO8P/c1-3-5-7-9-11-13-15-17-19-21-22-23-24-26-28-30-32-34-36-38-40-42-49(52)58-47(46-57-59(53,54)56-44-43-50)45-55-48(51)41-39-37-35-33-31-29-27-25-20-18-16-14-12-10-8-6-4-2/h12,14,18,20,27,29,33,35,47H,3-11,13,15-17,19,21-26,28,30-32,34,36-46,50H2,1-2H3,(H,53,54). The van der Waals surface area contributed by atoms with Gasteiger partial charge in [-0.3, -0.25) is 18.6 Å². The summed E-state index contributed by atoms with van der Waals surface area (Å²) < 4.78 is 32.8. The van der Waals surface area contributed by atoms with Crippen LogP contribution in [0.3, 0.4) is 0 Å². The van der Waals surface area contributed by atoms with Crippen molar-refractivity contribution in [3.05, 3.63) is 48.6 Å². The molecule has 344 valence electrons. The maximum absolute atomic E-state index is 12.6. The Balaban J connectivity index is 4.13. The summed E-state index contributed by atoms with van der Waals surface area (Å²) in [6, 6.07) is 0. The van der Waals surface area contributed by atoms with E-state index in [2.05, 4.69) is 62.5 Å². The Bertz CT molecular complexity index is 1110. The van der Waals surface area contributed by atoms with Crippen molar-refractivity contribution in [1.29, 1.82) is 0 Å². The molecule has 0 aliphatic rings. The summed E-state index contributed by atoms with van der Waals surface area (Å²) >= 11 is 0. The van der Waals surface area contributed by atoms with Gasteiger partial charge in [0, 0.05) is 19.4 Å². The lowest BCUT2D eigenvalue weighted by Gasteiger charge is -2.19. The first kappa shape index (κ1) is 57.0. The number of hydrogen-bond donors (Lipinski definition) is 2. The molecule has 0 saturated carbocycles. The van der Waals surface area contributed by atoms with E-state index in [0.29, 0.717) is 12.8 Å². The molecule has 0 spiro atoms. The minimum absolute atomic E-state index is 0.0461. The van der Waals surface area contributed by atoms with E-state index < -0.39 is 32.5 Å². The SMILES string of the molecule is CCCCCC=CCC=CCC=CCC=CCCCC(=O)OCC(COP(=O)(O)OCCN)OC(=O)CCCCCCCCCCCCCCCCCCCCCCC. The topological polar surface area (TPSA) is 134 Å². The van der Waals surface area contributed by atoms with Gasteiger partial charge < -0.3 is 20.1 Å². The van der Waals surface area contributed by atoms with Crippen molar-refractivity contribution in [1.82, 2.24) is 0 Å².